The van der Waals surface area contributed by atoms with Crippen LogP contribution in [-0.2, 0) is 6.42 Å². The molecule has 2 atom stereocenters. The van der Waals surface area contributed by atoms with E-state index in [1.54, 1.807) is 6.07 Å². The maximum Gasteiger partial charge on any atom is 0.511 e. The second-order valence-electron chi connectivity index (χ2n) is 7.03. The average molecular weight is 414 g/mol. The van der Waals surface area contributed by atoms with Crippen LogP contribution in [0.4, 0.5) is 10.5 Å². The zero-order chi connectivity index (χ0) is 18.6. The molecule has 0 radical (unpaired) electrons. The normalized spacial score (nSPS) is 21.2. The summed E-state index contributed by atoms with van der Waals surface area (Å²) in [6, 6.07) is 2.09. The first-order chi connectivity index (χ1) is 12.4. The standard InChI is InChI=1S/C18H20ClN3O4.ClH/c1-9-7-21(4-3-20-9)16-11-5-10(2)22-8-14(26-18(24)25)17(23)12(15(11)22)6-13(16)19;/h6,8-10,20H,3-5,7H2,1-2H3,(H,24,25);1H. The molecule has 2 aliphatic heterocycles. The third kappa shape index (κ3) is 3.24. The molecule has 1 aromatic heterocycles. The van der Waals surface area contributed by atoms with Gasteiger partial charge in [-0.05, 0) is 26.3 Å². The Hall–Kier alpha value is -1.96. The minimum absolute atomic E-state index is 0. The van der Waals surface area contributed by atoms with Crippen molar-refractivity contribution >= 4 is 46.8 Å². The van der Waals surface area contributed by atoms with Crippen LogP contribution >= 0.6 is 24.0 Å². The quantitative estimate of drug-likeness (QED) is 0.736. The first kappa shape index (κ1) is 19.8. The molecular formula is C18H21Cl2N3O4. The van der Waals surface area contributed by atoms with Gasteiger partial charge in [0.05, 0.1) is 27.8 Å². The van der Waals surface area contributed by atoms with E-state index in [4.69, 9.17) is 16.7 Å². The molecule has 27 heavy (non-hydrogen) atoms. The number of benzene rings is 1. The van der Waals surface area contributed by atoms with Gasteiger partial charge in [-0.1, -0.05) is 11.6 Å². The highest BCUT2D eigenvalue weighted by atomic mass is 35.5. The molecule has 9 heteroatoms. The lowest BCUT2D eigenvalue weighted by atomic mass is 10.0. The molecule has 7 nitrogen and oxygen atoms in total. The Morgan fingerprint density at radius 2 is 2.15 bits per heavy atom. The van der Waals surface area contributed by atoms with Crippen LogP contribution in [0.3, 0.4) is 0 Å². The van der Waals surface area contributed by atoms with E-state index in [1.807, 2.05) is 11.5 Å². The zero-order valence-electron chi connectivity index (χ0n) is 15.0. The van der Waals surface area contributed by atoms with E-state index < -0.39 is 11.6 Å². The lowest BCUT2D eigenvalue weighted by Crippen LogP contribution is -2.49. The molecule has 1 saturated heterocycles. The van der Waals surface area contributed by atoms with E-state index in [0.717, 1.165) is 42.8 Å². The molecular weight excluding hydrogens is 393 g/mol. The van der Waals surface area contributed by atoms with E-state index >= 15 is 0 Å². The number of carboxylic acid groups (broad SMARTS) is 1. The second kappa shape index (κ2) is 7.22. The lowest BCUT2D eigenvalue weighted by molar-refractivity contribution is 0.143. The maximum atomic E-state index is 12.7. The van der Waals surface area contributed by atoms with Crippen LogP contribution in [0, 0.1) is 0 Å². The highest BCUT2D eigenvalue weighted by Gasteiger charge is 2.30. The average Bonchev–Trinajstić information content (AvgIpc) is 2.88. The molecule has 0 bridgehead atoms. The van der Waals surface area contributed by atoms with Gasteiger partial charge in [-0.3, -0.25) is 4.79 Å². The van der Waals surface area contributed by atoms with Gasteiger partial charge < -0.3 is 24.6 Å². The number of anilines is 1. The third-order valence-electron chi connectivity index (χ3n) is 5.16. The summed E-state index contributed by atoms with van der Waals surface area (Å²) >= 11 is 6.60. The first-order valence-corrected chi connectivity index (χ1v) is 9.04. The number of nitrogens with zero attached hydrogens (tertiary/aromatic N) is 2. The molecule has 0 aliphatic carbocycles. The van der Waals surface area contributed by atoms with Gasteiger partial charge in [0.15, 0.2) is 5.75 Å². The van der Waals surface area contributed by atoms with Gasteiger partial charge in [-0.25, -0.2) is 4.79 Å². The predicted octanol–water partition coefficient (Wildman–Crippen LogP) is 3.05. The molecule has 2 aromatic rings. The van der Waals surface area contributed by atoms with Crippen molar-refractivity contribution in [3.05, 3.63) is 33.1 Å². The minimum atomic E-state index is -1.50. The van der Waals surface area contributed by atoms with Crippen LogP contribution in [0.15, 0.2) is 17.1 Å². The van der Waals surface area contributed by atoms with Gasteiger partial charge in [-0.2, -0.15) is 0 Å². The fraction of sp³-hybridized carbons (Fsp3) is 0.444. The van der Waals surface area contributed by atoms with Crippen molar-refractivity contribution in [3.8, 4) is 5.75 Å². The SMILES string of the molecule is CC1CN(c2c(Cl)cc3c(=O)c(OC(=O)O)cn4c3c2CC4C)CCN1.Cl. The van der Waals surface area contributed by atoms with Crippen molar-refractivity contribution in [1.82, 2.24) is 9.88 Å². The predicted molar refractivity (Wildman–Crippen MR) is 107 cm³/mol. The summed E-state index contributed by atoms with van der Waals surface area (Å²) in [5.74, 6) is -0.190. The van der Waals surface area contributed by atoms with Crippen molar-refractivity contribution in [2.75, 3.05) is 24.5 Å². The Labute approximate surface area is 167 Å². The molecule has 1 fully saturated rings. The second-order valence-corrected chi connectivity index (χ2v) is 7.44. The molecule has 4 rings (SSSR count). The van der Waals surface area contributed by atoms with E-state index in [1.165, 1.54) is 6.20 Å². The Morgan fingerprint density at radius 3 is 2.81 bits per heavy atom. The van der Waals surface area contributed by atoms with E-state index in [2.05, 4.69) is 21.9 Å². The molecule has 2 N–H and O–H groups in total. The van der Waals surface area contributed by atoms with E-state index in [0.29, 0.717) is 16.5 Å². The fourth-order valence-electron chi connectivity index (χ4n) is 4.11. The van der Waals surface area contributed by atoms with Gasteiger partial charge in [0.2, 0.25) is 5.43 Å². The highest BCUT2D eigenvalue weighted by Crippen LogP contribution is 2.42. The Morgan fingerprint density at radius 1 is 1.41 bits per heavy atom. The van der Waals surface area contributed by atoms with Crippen LogP contribution in [0.2, 0.25) is 5.02 Å². The topological polar surface area (TPSA) is 83.8 Å². The van der Waals surface area contributed by atoms with Gasteiger partial charge in [0, 0.05) is 37.3 Å². The molecule has 0 amide bonds. The number of aromatic nitrogens is 1. The highest BCUT2D eigenvalue weighted by molar-refractivity contribution is 6.34. The Kier molecular flexibility index (Phi) is 5.29. The van der Waals surface area contributed by atoms with Crippen molar-refractivity contribution in [1.29, 1.82) is 0 Å². The number of ether oxygens (including phenoxy) is 1. The summed E-state index contributed by atoms with van der Waals surface area (Å²) in [4.78, 5) is 25.9. The van der Waals surface area contributed by atoms with Crippen molar-refractivity contribution in [2.24, 2.45) is 0 Å². The van der Waals surface area contributed by atoms with Gasteiger partial charge in [-0.15, -0.1) is 12.4 Å². The summed E-state index contributed by atoms with van der Waals surface area (Å²) in [5.41, 5.74) is 2.41. The summed E-state index contributed by atoms with van der Waals surface area (Å²) in [6.07, 6.45) is 0.733. The number of carbonyl (C=O) groups is 1. The summed E-state index contributed by atoms with van der Waals surface area (Å²) < 4.78 is 6.62. The smallest absolute Gasteiger partial charge is 0.449 e. The van der Waals surface area contributed by atoms with E-state index in [-0.39, 0.29) is 24.2 Å². The van der Waals surface area contributed by atoms with Gasteiger partial charge >= 0.3 is 6.16 Å². The van der Waals surface area contributed by atoms with Crippen molar-refractivity contribution in [3.63, 3.8) is 0 Å². The fourth-order valence-corrected chi connectivity index (χ4v) is 4.45. The molecule has 0 spiro atoms. The van der Waals surface area contributed by atoms with Crippen LogP contribution in [0.1, 0.15) is 25.5 Å². The third-order valence-corrected chi connectivity index (χ3v) is 5.45. The summed E-state index contributed by atoms with van der Waals surface area (Å²) in [7, 11) is 0. The summed E-state index contributed by atoms with van der Waals surface area (Å²) in [6.45, 7) is 6.74. The number of halogens is 2. The molecule has 2 aliphatic rings. The van der Waals surface area contributed by atoms with E-state index in [9.17, 15) is 9.59 Å². The largest absolute Gasteiger partial charge is 0.511 e. The minimum Gasteiger partial charge on any atom is -0.449 e. The monoisotopic (exact) mass is 413 g/mol. The van der Waals surface area contributed by atoms with Crippen LogP contribution in [0.5, 0.6) is 5.75 Å². The lowest BCUT2D eigenvalue weighted by Gasteiger charge is -2.35. The molecule has 0 saturated carbocycles. The number of hydrogen-bond donors (Lipinski definition) is 2. The molecule has 146 valence electrons. The first-order valence-electron chi connectivity index (χ1n) is 8.66. The van der Waals surface area contributed by atoms with Crippen molar-refractivity contribution < 1.29 is 14.6 Å². The number of piperazine rings is 1. The molecule has 2 unspecified atom stereocenters. The van der Waals surface area contributed by atoms with Crippen molar-refractivity contribution in [2.45, 2.75) is 32.4 Å². The molecule has 1 aromatic carbocycles. The Bertz CT molecular complexity index is 975. The summed E-state index contributed by atoms with van der Waals surface area (Å²) in [5, 5.41) is 13.2. The Balaban J connectivity index is 0.00000210. The number of nitrogens with one attached hydrogen (secondary N) is 1. The number of rotatable bonds is 2. The zero-order valence-corrected chi connectivity index (χ0v) is 16.6. The van der Waals surface area contributed by atoms with Crippen LogP contribution in [-0.4, -0.2) is 41.5 Å². The number of pyridine rings is 1. The molecule has 3 heterocycles. The van der Waals surface area contributed by atoms with Gasteiger partial charge in [0.25, 0.3) is 0 Å². The van der Waals surface area contributed by atoms with Crippen LogP contribution < -0.4 is 20.4 Å². The maximum absolute atomic E-state index is 12.7. The van der Waals surface area contributed by atoms with Gasteiger partial charge in [0.1, 0.15) is 0 Å². The number of hydrogen-bond acceptors (Lipinski definition) is 5. The van der Waals surface area contributed by atoms with Crippen LogP contribution in [0.25, 0.3) is 10.9 Å².